The molecule has 8 heteroatoms. The lowest BCUT2D eigenvalue weighted by Gasteiger charge is -2.26. The number of fused-ring (bicyclic) bond motifs is 1. The second kappa shape index (κ2) is 7.95. The number of carbonyl (C=O) groups is 1. The second-order valence-electron chi connectivity index (χ2n) is 8.01. The first-order valence-electron chi connectivity index (χ1n) is 10.4. The highest BCUT2D eigenvalue weighted by Gasteiger charge is 2.36. The highest BCUT2D eigenvalue weighted by atomic mass is 19.2. The molecule has 2 unspecified atom stereocenters. The molecule has 0 aliphatic carbocycles. The molecule has 2 atom stereocenters. The van der Waals surface area contributed by atoms with Crippen LogP contribution in [0.15, 0.2) is 36.4 Å². The molecule has 5 rings (SSSR count). The number of ether oxygens (including phenoxy) is 2. The van der Waals surface area contributed by atoms with Gasteiger partial charge in [0.2, 0.25) is 0 Å². The smallest absolute Gasteiger partial charge is 0.342 e. The first-order valence-corrected chi connectivity index (χ1v) is 10.4. The maximum absolute atomic E-state index is 15.3. The van der Waals surface area contributed by atoms with E-state index in [4.69, 9.17) is 9.47 Å². The predicted octanol–water partition coefficient (Wildman–Crippen LogP) is 6.14. The first kappa shape index (κ1) is 21.6. The molecular formula is C25H17F5O3. The van der Waals surface area contributed by atoms with Crippen molar-refractivity contribution in [3.8, 4) is 11.1 Å². The molecule has 2 aliphatic rings. The van der Waals surface area contributed by atoms with Crippen molar-refractivity contribution in [1.29, 1.82) is 0 Å². The van der Waals surface area contributed by atoms with Gasteiger partial charge in [0, 0.05) is 28.7 Å². The quantitative estimate of drug-likeness (QED) is 0.267. The molecule has 0 radical (unpaired) electrons. The molecule has 0 aromatic heterocycles. The minimum atomic E-state index is -1.22. The zero-order valence-corrected chi connectivity index (χ0v) is 17.4. The minimum absolute atomic E-state index is 0.0813. The number of hydrogen-bond acceptors (Lipinski definition) is 3. The van der Waals surface area contributed by atoms with E-state index in [1.807, 2.05) is 0 Å². The van der Waals surface area contributed by atoms with E-state index in [-0.39, 0.29) is 46.2 Å². The molecule has 170 valence electrons. The summed E-state index contributed by atoms with van der Waals surface area (Å²) in [6.07, 6.45) is -1.52. The summed E-state index contributed by atoms with van der Waals surface area (Å²) in [6.45, 7) is 1.96. The fourth-order valence-corrected chi connectivity index (χ4v) is 4.19. The number of hydrogen-bond donors (Lipinski definition) is 0. The molecule has 3 aromatic carbocycles. The number of esters is 1. The summed E-state index contributed by atoms with van der Waals surface area (Å²) in [5, 5.41) is 0. The number of cyclic esters (lactones) is 1. The molecule has 1 saturated heterocycles. The van der Waals surface area contributed by atoms with Crippen molar-refractivity contribution >= 4 is 5.97 Å². The maximum Gasteiger partial charge on any atom is 0.342 e. The third kappa shape index (κ3) is 3.49. The van der Waals surface area contributed by atoms with Crippen LogP contribution in [0.25, 0.3) is 11.1 Å². The summed E-state index contributed by atoms with van der Waals surface area (Å²) in [5.41, 5.74) is -0.822. The van der Waals surface area contributed by atoms with Crippen molar-refractivity contribution in [2.75, 3.05) is 6.61 Å². The number of halogens is 5. The lowest BCUT2D eigenvalue weighted by atomic mass is 9.90. The highest BCUT2D eigenvalue weighted by molar-refractivity contribution is 5.94. The fraction of sp³-hybridized carbons (Fsp3) is 0.240. The van der Waals surface area contributed by atoms with Gasteiger partial charge in [-0.2, -0.15) is 0 Å². The average Bonchev–Trinajstić information content (AvgIpc) is 3.63. The number of epoxide rings is 1. The Hall–Kier alpha value is -3.26. The Morgan fingerprint density at radius 2 is 1.39 bits per heavy atom. The van der Waals surface area contributed by atoms with E-state index in [0.29, 0.717) is 6.61 Å². The Labute approximate surface area is 185 Å². The summed E-state index contributed by atoms with van der Waals surface area (Å²) < 4.78 is 83.3. The van der Waals surface area contributed by atoms with E-state index in [1.54, 1.807) is 6.92 Å². The van der Waals surface area contributed by atoms with Gasteiger partial charge in [-0.1, -0.05) is 43.3 Å². The van der Waals surface area contributed by atoms with Crippen molar-refractivity contribution in [2.45, 2.75) is 32.0 Å². The zero-order valence-electron chi connectivity index (χ0n) is 17.4. The SMILES string of the molecule is CCc1ccc(-c2ccc3c(c2F)C(=O)OC(c2ccc(C4CO4)c(F)c2F)C3)c(F)c1F. The van der Waals surface area contributed by atoms with Crippen LogP contribution in [0.5, 0.6) is 0 Å². The molecule has 2 aliphatic heterocycles. The molecule has 3 nitrogen and oxygen atoms in total. The van der Waals surface area contributed by atoms with Crippen LogP contribution in [-0.4, -0.2) is 12.6 Å². The van der Waals surface area contributed by atoms with Gasteiger partial charge in [0.1, 0.15) is 18.0 Å². The Morgan fingerprint density at radius 3 is 2.03 bits per heavy atom. The molecule has 0 spiro atoms. The van der Waals surface area contributed by atoms with Crippen LogP contribution in [0.4, 0.5) is 22.0 Å². The molecule has 0 N–H and O–H groups in total. The van der Waals surface area contributed by atoms with Gasteiger partial charge >= 0.3 is 5.97 Å². The summed E-state index contributed by atoms with van der Waals surface area (Å²) >= 11 is 0. The van der Waals surface area contributed by atoms with E-state index in [1.165, 1.54) is 36.4 Å². The van der Waals surface area contributed by atoms with Crippen molar-refractivity contribution < 1.29 is 36.2 Å². The van der Waals surface area contributed by atoms with Gasteiger partial charge in [-0.15, -0.1) is 0 Å². The largest absolute Gasteiger partial charge is 0.453 e. The van der Waals surface area contributed by atoms with Gasteiger partial charge < -0.3 is 9.47 Å². The Balaban J connectivity index is 1.52. The summed E-state index contributed by atoms with van der Waals surface area (Å²) in [5.74, 6) is -6.69. The Bertz CT molecular complexity index is 1300. The molecular weight excluding hydrogens is 443 g/mol. The predicted molar refractivity (Wildman–Crippen MR) is 108 cm³/mol. The standard InChI is InChI=1S/C25H17F5O3/c1-2-11-3-5-14(22(28)20(11)26)13-6-4-12-9-17(33-25(31)19(12)21(13)27)15-7-8-16(18-10-32-18)24(30)23(15)29/h3-8,17-18H,2,9-10H2,1H3. The van der Waals surface area contributed by atoms with Crippen molar-refractivity contribution in [2.24, 2.45) is 0 Å². The van der Waals surface area contributed by atoms with Crippen LogP contribution in [0.1, 0.15) is 51.7 Å². The van der Waals surface area contributed by atoms with E-state index < -0.39 is 52.8 Å². The number of carbonyl (C=O) groups excluding carboxylic acids is 1. The number of benzene rings is 3. The van der Waals surface area contributed by atoms with E-state index in [0.717, 1.165) is 0 Å². The molecule has 1 fully saturated rings. The van der Waals surface area contributed by atoms with Crippen molar-refractivity contribution in [1.82, 2.24) is 0 Å². The summed E-state index contributed by atoms with van der Waals surface area (Å²) in [4.78, 5) is 12.6. The first-order chi connectivity index (χ1) is 15.8. The third-order valence-electron chi connectivity index (χ3n) is 6.09. The number of aryl methyl sites for hydroxylation is 1. The van der Waals surface area contributed by atoms with Crippen LogP contribution in [0.2, 0.25) is 0 Å². The molecule has 0 saturated carbocycles. The Kier molecular flexibility index (Phi) is 5.20. The van der Waals surface area contributed by atoms with Crippen LogP contribution < -0.4 is 0 Å². The van der Waals surface area contributed by atoms with E-state index in [2.05, 4.69) is 0 Å². The topological polar surface area (TPSA) is 38.8 Å². The minimum Gasteiger partial charge on any atom is -0.453 e. The molecule has 3 aromatic rings. The van der Waals surface area contributed by atoms with E-state index in [9.17, 15) is 22.4 Å². The summed E-state index contributed by atoms with van der Waals surface area (Å²) in [7, 11) is 0. The van der Waals surface area contributed by atoms with Crippen LogP contribution in [0.3, 0.4) is 0 Å². The van der Waals surface area contributed by atoms with Gasteiger partial charge in [-0.3, -0.25) is 0 Å². The maximum atomic E-state index is 15.3. The fourth-order valence-electron chi connectivity index (χ4n) is 4.19. The van der Waals surface area contributed by atoms with Gasteiger partial charge in [0.15, 0.2) is 23.3 Å². The lowest BCUT2D eigenvalue weighted by Crippen LogP contribution is -2.24. The van der Waals surface area contributed by atoms with Gasteiger partial charge in [0.05, 0.1) is 12.2 Å². The molecule has 0 amide bonds. The lowest BCUT2D eigenvalue weighted by molar-refractivity contribution is 0.0236. The van der Waals surface area contributed by atoms with Gasteiger partial charge in [-0.25, -0.2) is 26.7 Å². The monoisotopic (exact) mass is 460 g/mol. The normalized spacial score (nSPS) is 19.3. The Morgan fingerprint density at radius 1 is 0.788 bits per heavy atom. The highest BCUT2D eigenvalue weighted by Crippen LogP contribution is 2.39. The summed E-state index contributed by atoms with van der Waals surface area (Å²) in [6, 6.07) is 7.91. The van der Waals surface area contributed by atoms with Crippen LogP contribution >= 0.6 is 0 Å². The average molecular weight is 460 g/mol. The molecule has 2 heterocycles. The second-order valence-corrected chi connectivity index (χ2v) is 8.01. The third-order valence-corrected chi connectivity index (χ3v) is 6.09. The van der Waals surface area contributed by atoms with Gasteiger partial charge in [-0.05, 0) is 17.5 Å². The zero-order chi connectivity index (χ0) is 23.4. The molecule has 0 bridgehead atoms. The molecule has 33 heavy (non-hydrogen) atoms. The van der Waals surface area contributed by atoms with E-state index >= 15 is 4.39 Å². The van der Waals surface area contributed by atoms with Gasteiger partial charge in [0.25, 0.3) is 0 Å². The van der Waals surface area contributed by atoms with Crippen LogP contribution in [-0.2, 0) is 22.3 Å². The van der Waals surface area contributed by atoms with Crippen molar-refractivity contribution in [3.05, 3.63) is 93.3 Å². The number of rotatable bonds is 4. The van der Waals surface area contributed by atoms with Crippen LogP contribution in [0, 0.1) is 29.1 Å². The van der Waals surface area contributed by atoms with Crippen molar-refractivity contribution in [3.63, 3.8) is 0 Å².